The smallest absolute Gasteiger partial charge is 0.410 e. The largest absolute Gasteiger partial charge is 0.474 e. The van der Waals surface area contributed by atoms with Crippen LogP contribution in [-0.2, 0) is 25.4 Å². The van der Waals surface area contributed by atoms with Gasteiger partial charge in [-0.3, -0.25) is 19.5 Å². The number of halogens is 1. The average molecular weight is 670 g/mol. The van der Waals surface area contributed by atoms with Gasteiger partial charge < -0.3 is 23.8 Å². The summed E-state index contributed by atoms with van der Waals surface area (Å²) in [5, 5.41) is 0. The molecule has 11 nitrogen and oxygen atoms in total. The number of carbonyl (C=O) groups is 2. The minimum Gasteiger partial charge on any atom is -0.474 e. The molecule has 0 unspecified atom stereocenters. The molecule has 1 aromatic heterocycles. The number of pyridine rings is 1. The summed E-state index contributed by atoms with van der Waals surface area (Å²) in [5.41, 5.74) is 1.80. The molecule has 0 radical (unpaired) electrons. The molecular weight excluding hydrogens is 617 g/mol. The van der Waals surface area contributed by atoms with Crippen LogP contribution in [0.3, 0.4) is 0 Å². The summed E-state index contributed by atoms with van der Waals surface area (Å²) in [6.07, 6.45) is 1.93. The highest BCUT2D eigenvalue weighted by Gasteiger charge is 2.41. The maximum atomic E-state index is 14.6. The molecule has 0 N–H and O–H groups in total. The van der Waals surface area contributed by atoms with Gasteiger partial charge in [0, 0.05) is 56.6 Å². The standard InChI is InChI=1S/C36H52FN5O6/c1-8-45-22-31-23-47-34-32(14-28(15-38-34)13-27-9-11-29(37)12-10-27)42(31)33(43)19-39-16-24(2)41(35(44)48-36(5,6)7)18-30(39)17-40-25(3)20-46-21-26(40)4/h9-12,14-15,24-26,30-31H,8,13,16-23H2,1-7H3/t24-,25-,26-,30+,31+/m1/s1. The lowest BCUT2D eigenvalue weighted by Gasteiger charge is -2.49. The van der Waals surface area contributed by atoms with Crippen molar-refractivity contribution < 1.29 is 32.9 Å². The molecule has 2 amide bonds. The molecule has 3 aliphatic heterocycles. The number of carbonyl (C=O) groups excluding carboxylic acids is 2. The minimum atomic E-state index is -0.616. The Bertz CT molecular complexity index is 1390. The minimum absolute atomic E-state index is 0.0871. The van der Waals surface area contributed by atoms with Crippen LogP contribution in [0.2, 0.25) is 0 Å². The van der Waals surface area contributed by atoms with Crippen molar-refractivity contribution in [2.75, 3.05) is 64.1 Å². The van der Waals surface area contributed by atoms with Crippen LogP contribution in [0, 0.1) is 5.82 Å². The fourth-order valence-electron chi connectivity index (χ4n) is 6.80. The van der Waals surface area contributed by atoms with Gasteiger partial charge in [0.15, 0.2) is 0 Å². The quantitative estimate of drug-likeness (QED) is 0.386. The molecular formula is C36H52FN5O6. The number of amides is 2. The van der Waals surface area contributed by atoms with Gasteiger partial charge in [-0.05, 0) is 84.2 Å². The second-order valence-electron chi connectivity index (χ2n) is 14.4. The van der Waals surface area contributed by atoms with Crippen molar-refractivity contribution in [1.82, 2.24) is 19.7 Å². The van der Waals surface area contributed by atoms with E-state index in [0.29, 0.717) is 64.0 Å². The molecule has 2 saturated heterocycles. The fraction of sp³-hybridized carbons (Fsp3) is 0.639. The number of ether oxygens (including phenoxy) is 4. The van der Waals surface area contributed by atoms with Crippen molar-refractivity contribution in [2.24, 2.45) is 0 Å². The van der Waals surface area contributed by atoms with E-state index in [-0.39, 0.29) is 61.2 Å². The first kappa shape index (κ1) is 36.0. The third-order valence-electron chi connectivity index (χ3n) is 9.22. The summed E-state index contributed by atoms with van der Waals surface area (Å²) >= 11 is 0. The SMILES string of the molecule is CCOC[C@H]1COc2ncc(Cc3ccc(F)cc3)cc2N1C(=O)CN1C[C@@H](C)N(C(=O)OC(C)(C)C)C[C@@H]1CN1[C@H](C)COC[C@H]1C. The molecule has 12 heteroatoms. The summed E-state index contributed by atoms with van der Waals surface area (Å²) in [4.78, 5) is 40.7. The number of anilines is 1. The topological polar surface area (TPSA) is 96.9 Å². The lowest BCUT2D eigenvalue weighted by atomic mass is 10.0. The molecule has 5 atom stereocenters. The Morgan fingerprint density at radius 3 is 2.35 bits per heavy atom. The summed E-state index contributed by atoms with van der Waals surface area (Å²) in [6, 6.07) is 8.11. The molecule has 4 heterocycles. The maximum Gasteiger partial charge on any atom is 0.410 e. The molecule has 264 valence electrons. The second kappa shape index (κ2) is 15.5. The average Bonchev–Trinajstić information content (AvgIpc) is 3.02. The Balaban J connectivity index is 1.42. The van der Waals surface area contributed by atoms with E-state index in [9.17, 15) is 14.0 Å². The summed E-state index contributed by atoms with van der Waals surface area (Å²) in [6.45, 7) is 18.0. The zero-order chi connectivity index (χ0) is 34.6. The molecule has 0 bridgehead atoms. The van der Waals surface area contributed by atoms with Crippen molar-refractivity contribution in [1.29, 1.82) is 0 Å². The Labute approximate surface area is 284 Å². The number of benzene rings is 1. The Kier molecular flexibility index (Phi) is 11.6. The summed E-state index contributed by atoms with van der Waals surface area (Å²) in [7, 11) is 0. The van der Waals surface area contributed by atoms with E-state index in [2.05, 4.69) is 28.6 Å². The highest BCUT2D eigenvalue weighted by Crippen LogP contribution is 2.34. The number of aromatic nitrogens is 1. The molecule has 0 aliphatic carbocycles. The number of rotatable bonds is 9. The molecule has 2 fully saturated rings. The van der Waals surface area contributed by atoms with Crippen LogP contribution in [0.4, 0.5) is 14.9 Å². The monoisotopic (exact) mass is 669 g/mol. The van der Waals surface area contributed by atoms with Crippen molar-refractivity contribution in [2.45, 2.75) is 90.7 Å². The van der Waals surface area contributed by atoms with Gasteiger partial charge in [0.2, 0.25) is 11.8 Å². The molecule has 5 rings (SSSR count). The van der Waals surface area contributed by atoms with Crippen molar-refractivity contribution >= 4 is 17.7 Å². The van der Waals surface area contributed by atoms with E-state index in [4.69, 9.17) is 18.9 Å². The van der Waals surface area contributed by atoms with Gasteiger partial charge in [0.05, 0.1) is 32.4 Å². The lowest BCUT2D eigenvalue weighted by Crippen LogP contribution is -2.65. The molecule has 3 aliphatic rings. The Morgan fingerprint density at radius 2 is 1.69 bits per heavy atom. The summed E-state index contributed by atoms with van der Waals surface area (Å²) in [5.74, 6) is 0.0221. The zero-order valence-electron chi connectivity index (χ0n) is 29.5. The maximum absolute atomic E-state index is 14.6. The number of hydrogen-bond acceptors (Lipinski definition) is 9. The fourth-order valence-corrected chi connectivity index (χ4v) is 6.80. The van der Waals surface area contributed by atoms with Crippen LogP contribution >= 0.6 is 0 Å². The predicted molar refractivity (Wildman–Crippen MR) is 181 cm³/mol. The molecule has 48 heavy (non-hydrogen) atoms. The first-order chi connectivity index (χ1) is 22.8. The van der Waals surface area contributed by atoms with E-state index in [1.54, 1.807) is 28.1 Å². The van der Waals surface area contributed by atoms with E-state index >= 15 is 0 Å². The van der Waals surface area contributed by atoms with Crippen molar-refractivity contribution in [3.63, 3.8) is 0 Å². The third kappa shape index (κ3) is 8.82. The van der Waals surface area contributed by atoms with E-state index in [1.807, 2.05) is 40.7 Å². The number of hydrogen-bond donors (Lipinski definition) is 0. The first-order valence-electron chi connectivity index (χ1n) is 17.2. The predicted octanol–water partition coefficient (Wildman–Crippen LogP) is 4.36. The van der Waals surface area contributed by atoms with E-state index < -0.39 is 5.60 Å². The molecule has 0 spiro atoms. The van der Waals surface area contributed by atoms with Crippen LogP contribution in [0.25, 0.3) is 0 Å². The molecule has 1 aromatic carbocycles. The molecule has 2 aromatic rings. The Morgan fingerprint density at radius 1 is 0.979 bits per heavy atom. The van der Waals surface area contributed by atoms with Crippen LogP contribution in [0.15, 0.2) is 36.5 Å². The Hall–Kier alpha value is -3.32. The van der Waals surface area contributed by atoms with Crippen LogP contribution in [-0.4, -0.2) is 127 Å². The van der Waals surface area contributed by atoms with Crippen LogP contribution in [0.1, 0.15) is 59.6 Å². The van der Waals surface area contributed by atoms with Gasteiger partial charge >= 0.3 is 6.09 Å². The number of fused-ring (bicyclic) bond motifs is 1. The van der Waals surface area contributed by atoms with E-state index in [0.717, 1.165) is 11.1 Å². The van der Waals surface area contributed by atoms with Crippen LogP contribution < -0.4 is 9.64 Å². The van der Waals surface area contributed by atoms with Gasteiger partial charge in [-0.1, -0.05) is 12.1 Å². The van der Waals surface area contributed by atoms with Gasteiger partial charge in [0.25, 0.3) is 0 Å². The third-order valence-corrected chi connectivity index (χ3v) is 9.22. The number of morpholine rings is 1. The highest BCUT2D eigenvalue weighted by atomic mass is 19.1. The van der Waals surface area contributed by atoms with Gasteiger partial charge in [-0.15, -0.1) is 0 Å². The number of nitrogens with zero attached hydrogens (tertiary/aromatic N) is 5. The number of piperazine rings is 1. The van der Waals surface area contributed by atoms with Crippen molar-refractivity contribution in [3.05, 3.63) is 53.5 Å². The first-order valence-corrected chi connectivity index (χ1v) is 17.2. The van der Waals surface area contributed by atoms with Crippen LogP contribution in [0.5, 0.6) is 5.88 Å². The molecule has 0 saturated carbocycles. The lowest BCUT2D eigenvalue weighted by molar-refractivity contribution is -0.123. The van der Waals surface area contributed by atoms with Crippen molar-refractivity contribution in [3.8, 4) is 5.88 Å². The van der Waals surface area contributed by atoms with Gasteiger partial charge in [-0.25, -0.2) is 14.2 Å². The zero-order valence-corrected chi connectivity index (χ0v) is 29.5. The highest BCUT2D eigenvalue weighted by molar-refractivity contribution is 5.97. The van der Waals surface area contributed by atoms with Gasteiger partial charge in [-0.2, -0.15) is 0 Å². The summed E-state index contributed by atoms with van der Waals surface area (Å²) < 4.78 is 37.0. The van der Waals surface area contributed by atoms with E-state index in [1.165, 1.54) is 12.1 Å². The van der Waals surface area contributed by atoms with Gasteiger partial charge in [0.1, 0.15) is 23.7 Å². The second-order valence-corrected chi connectivity index (χ2v) is 14.4. The normalized spacial score (nSPS) is 25.4.